The second-order valence-corrected chi connectivity index (χ2v) is 8.51. The van der Waals surface area contributed by atoms with Crippen LogP contribution >= 0.6 is 11.6 Å². The van der Waals surface area contributed by atoms with E-state index in [1.165, 1.54) is 0 Å². The van der Waals surface area contributed by atoms with E-state index < -0.39 is 11.7 Å². The highest BCUT2D eigenvalue weighted by Gasteiger charge is 2.32. The van der Waals surface area contributed by atoms with E-state index in [0.29, 0.717) is 11.6 Å². The van der Waals surface area contributed by atoms with Crippen LogP contribution in [0.3, 0.4) is 0 Å². The highest BCUT2D eigenvalue weighted by Crippen LogP contribution is 2.41. The van der Waals surface area contributed by atoms with Crippen LogP contribution < -0.4 is 0 Å². The minimum absolute atomic E-state index is 0.297. The number of carbonyl (C=O) groups is 1. The Labute approximate surface area is 177 Å². The molecule has 0 fully saturated rings. The topological polar surface area (TPSA) is 35.5 Å². The fraction of sp³-hybridized carbons (Fsp3) is 0.320. The molecule has 0 spiro atoms. The second kappa shape index (κ2) is 8.56. The highest BCUT2D eigenvalue weighted by molar-refractivity contribution is 6.30. The summed E-state index contributed by atoms with van der Waals surface area (Å²) in [6.07, 6.45) is -0.828. The molecule has 0 radical (unpaired) electrons. The lowest BCUT2D eigenvalue weighted by Gasteiger charge is -2.29. The lowest BCUT2D eigenvalue weighted by atomic mass is 9.87. The van der Waals surface area contributed by atoms with E-state index in [-0.39, 0.29) is 5.97 Å². The first-order valence-corrected chi connectivity index (χ1v) is 10.2. The van der Waals surface area contributed by atoms with Crippen molar-refractivity contribution < 1.29 is 14.3 Å². The maximum atomic E-state index is 13.0. The van der Waals surface area contributed by atoms with E-state index in [1.807, 2.05) is 64.1 Å². The van der Waals surface area contributed by atoms with Gasteiger partial charge in [-0.05, 0) is 74.2 Å². The summed E-state index contributed by atoms with van der Waals surface area (Å²) in [4.78, 5) is 13.0. The third-order valence-corrected chi connectivity index (χ3v) is 4.92. The molecule has 3 rings (SSSR count). The summed E-state index contributed by atoms with van der Waals surface area (Å²) < 4.78 is 11.6. The zero-order valence-electron chi connectivity index (χ0n) is 17.6. The summed E-state index contributed by atoms with van der Waals surface area (Å²) in [6, 6.07) is 18.0. The molecule has 4 heteroatoms. The van der Waals surface area contributed by atoms with Gasteiger partial charge in [-0.15, -0.1) is 0 Å². The van der Waals surface area contributed by atoms with E-state index in [1.54, 1.807) is 6.92 Å². The van der Waals surface area contributed by atoms with Crippen molar-refractivity contribution in [2.75, 3.05) is 6.61 Å². The number of hydrogen-bond acceptors (Lipinski definition) is 3. The summed E-state index contributed by atoms with van der Waals surface area (Å²) in [6.45, 7) is 9.94. The van der Waals surface area contributed by atoms with Crippen LogP contribution in [0.2, 0.25) is 5.02 Å². The molecule has 152 valence electrons. The normalized spacial score (nSPS) is 12.8. The Kier molecular flexibility index (Phi) is 6.30. The zero-order chi connectivity index (χ0) is 21.2. The lowest BCUT2D eigenvalue weighted by Crippen LogP contribution is -2.29. The highest BCUT2D eigenvalue weighted by atomic mass is 35.5. The smallest absolute Gasteiger partial charge is 0.339 e. The molecule has 0 unspecified atom stereocenters. The summed E-state index contributed by atoms with van der Waals surface area (Å²) in [7, 11) is 0. The van der Waals surface area contributed by atoms with Crippen molar-refractivity contribution in [3.05, 3.63) is 70.7 Å². The number of ether oxygens (including phenoxy) is 2. The largest absolute Gasteiger partial charge is 0.464 e. The van der Waals surface area contributed by atoms with Gasteiger partial charge >= 0.3 is 5.97 Å². The third kappa shape index (κ3) is 4.80. The molecule has 0 aliphatic carbocycles. The number of hydrogen-bond donors (Lipinski definition) is 0. The van der Waals surface area contributed by atoms with Gasteiger partial charge in [-0.25, -0.2) is 4.79 Å². The number of carbonyl (C=O) groups excluding carboxylic acids is 1. The Hall–Kier alpha value is -2.36. The Morgan fingerprint density at radius 2 is 1.72 bits per heavy atom. The lowest BCUT2D eigenvalue weighted by molar-refractivity contribution is -0.166. The van der Waals surface area contributed by atoms with Crippen molar-refractivity contribution >= 4 is 28.3 Å². The van der Waals surface area contributed by atoms with Crippen molar-refractivity contribution in [2.45, 2.75) is 46.3 Å². The average molecular weight is 411 g/mol. The van der Waals surface area contributed by atoms with Crippen LogP contribution in [-0.2, 0) is 14.3 Å². The molecule has 0 heterocycles. The predicted molar refractivity (Wildman–Crippen MR) is 119 cm³/mol. The average Bonchev–Trinajstić information content (AvgIpc) is 2.65. The van der Waals surface area contributed by atoms with Crippen molar-refractivity contribution in [2.24, 2.45) is 0 Å². The van der Waals surface area contributed by atoms with E-state index in [0.717, 1.165) is 33.0 Å². The van der Waals surface area contributed by atoms with Crippen LogP contribution in [0, 0.1) is 6.92 Å². The number of rotatable bonds is 5. The van der Waals surface area contributed by atoms with Gasteiger partial charge in [-0.2, -0.15) is 0 Å². The minimum Gasteiger partial charge on any atom is -0.464 e. The van der Waals surface area contributed by atoms with E-state index in [2.05, 4.69) is 18.2 Å². The van der Waals surface area contributed by atoms with Crippen LogP contribution in [-0.4, -0.2) is 18.2 Å². The molecule has 0 aromatic heterocycles. The molecule has 0 saturated heterocycles. The second-order valence-electron chi connectivity index (χ2n) is 8.07. The van der Waals surface area contributed by atoms with Gasteiger partial charge in [-0.1, -0.05) is 54.1 Å². The summed E-state index contributed by atoms with van der Waals surface area (Å²) in [5.74, 6) is -0.379. The maximum Gasteiger partial charge on any atom is 0.339 e. The Balaban J connectivity index is 2.34. The third-order valence-electron chi connectivity index (χ3n) is 4.66. The molecule has 0 bridgehead atoms. The van der Waals surface area contributed by atoms with E-state index in [9.17, 15) is 4.79 Å². The summed E-state index contributed by atoms with van der Waals surface area (Å²) in [5, 5.41) is 2.83. The van der Waals surface area contributed by atoms with Gasteiger partial charge in [0.05, 0.1) is 12.2 Å². The Morgan fingerprint density at radius 3 is 2.34 bits per heavy atom. The van der Waals surface area contributed by atoms with Crippen molar-refractivity contribution in [1.29, 1.82) is 0 Å². The molecule has 3 aromatic carbocycles. The molecule has 0 N–H and O–H groups in total. The monoisotopic (exact) mass is 410 g/mol. The molecule has 3 aromatic rings. The number of fused-ring (bicyclic) bond motifs is 1. The molecule has 0 saturated carbocycles. The molecular weight excluding hydrogens is 384 g/mol. The Bertz CT molecular complexity index is 1020. The predicted octanol–water partition coefficient (Wildman–Crippen LogP) is 6.89. The molecule has 0 aliphatic heterocycles. The standard InChI is InChI=1S/C25H27ClO3/c1-6-28-24(27)23(29-25(3,4)5)21-16(2)15-18-9-7-8-10-20(18)22(21)17-11-13-19(26)14-12-17/h7-15,23H,6H2,1-5H3/t23-/m0/s1. The van der Waals surface area contributed by atoms with Gasteiger partial charge in [0.25, 0.3) is 0 Å². The SMILES string of the molecule is CCOC(=O)[C@@H](OC(C)(C)C)c1c(C)cc2ccccc2c1-c1ccc(Cl)cc1. The first-order chi connectivity index (χ1) is 13.7. The number of benzene rings is 3. The van der Waals surface area contributed by atoms with Crippen molar-refractivity contribution in [3.8, 4) is 11.1 Å². The van der Waals surface area contributed by atoms with Crippen LogP contribution in [0.15, 0.2) is 54.6 Å². The summed E-state index contributed by atoms with van der Waals surface area (Å²) in [5.41, 5.74) is 3.25. The van der Waals surface area contributed by atoms with Gasteiger partial charge in [0, 0.05) is 10.6 Å². The van der Waals surface area contributed by atoms with E-state index >= 15 is 0 Å². The molecule has 3 nitrogen and oxygen atoms in total. The fourth-order valence-corrected chi connectivity index (χ4v) is 3.69. The first-order valence-electron chi connectivity index (χ1n) is 9.84. The number of aryl methyl sites for hydroxylation is 1. The van der Waals surface area contributed by atoms with Gasteiger partial charge < -0.3 is 9.47 Å². The first kappa shape index (κ1) is 21.4. The maximum absolute atomic E-state index is 13.0. The Morgan fingerprint density at radius 1 is 1.07 bits per heavy atom. The van der Waals surface area contributed by atoms with Gasteiger partial charge in [-0.3, -0.25) is 0 Å². The van der Waals surface area contributed by atoms with Crippen molar-refractivity contribution in [1.82, 2.24) is 0 Å². The minimum atomic E-state index is -0.828. The molecular formula is C25H27ClO3. The van der Waals surface area contributed by atoms with Crippen LogP contribution in [0.25, 0.3) is 21.9 Å². The summed E-state index contributed by atoms with van der Waals surface area (Å²) >= 11 is 6.13. The zero-order valence-corrected chi connectivity index (χ0v) is 18.3. The molecule has 0 amide bonds. The number of esters is 1. The fourth-order valence-electron chi connectivity index (χ4n) is 3.57. The van der Waals surface area contributed by atoms with Crippen LogP contribution in [0.4, 0.5) is 0 Å². The number of halogens is 1. The quantitative estimate of drug-likeness (QED) is 0.429. The molecule has 29 heavy (non-hydrogen) atoms. The van der Waals surface area contributed by atoms with Gasteiger partial charge in [0.15, 0.2) is 6.10 Å². The van der Waals surface area contributed by atoms with Gasteiger partial charge in [0.1, 0.15) is 0 Å². The van der Waals surface area contributed by atoms with Crippen molar-refractivity contribution in [3.63, 3.8) is 0 Å². The van der Waals surface area contributed by atoms with E-state index in [4.69, 9.17) is 21.1 Å². The molecule has 0 aliphatic rings. The molecule has 1 atom stereocenters. The van der Waals surface area contributed by atoms with Crippen LogP contribution in [0.1, 0.15) is 44.9 Å². The van der Waals surface area contributed by atoms with Gasteiger partial charge in [0.2, 0.25) is 0 Å². The van der Waals surface area contributed by atoms with Crippen LogP contribution in [0.5, 0.6) is 0 Å².